The molecule has 3 heteroatoms. The number of hydrogen-bond donors (Lipinski definition) is 1. The van der Waals surface area contributed by atoms with Crippen molar-refractivity contribution in [2.75, 3.05) is 0 Å². The fourth-order valence-electron chi connectivity index (χ4n) is 2.46. The van der Waals surface area contributed by atoms with E-state index >= 15 is 0 Å². The SMILES string of the molecule is CCC1(NCc2csc(C3CC3)n2)CCC1. The topological polar surface area (TPSA) is 24.9 Å². The second-order valence-electron chi connectivity index (χ2n) is 5.29. The van der Waals surface area contributed by atoms with Crippen molar-refractivity contribution in [2.24, 2.45) is 0 Å². The van der Waals surface area contributed by atoms with Gasteiger partial charge in [-0.05, 0) is 38.5 Å². The molecule has 1 N–H and O–H groups in total. The van der Waals surface area contributed by atoms with E-state index < -0.39 is 0 Å². The fourth-order valence-corrected chi connectivity index (χ4v) is 3.45. The van der Waals surface area contributed by atoms with Crippen LogP contribution in [0.5, 0.6) is 0 Å². The Kier molecular flexibility index (Phi) is 2.76. The van der Waals surface area contributed by atoms with Crippen molar-refractivity contribution in [3.63, 3.8) is 0 Å². The molecule has 2 aliphatic carbocycles. The minimum Gasteiger partial charge on any atom is -0.306 e. The van der Waals surface area contributed by atoms with Gasteiger partial charge in [0.15, 0.2) is 0 Å². The van der Waals surface area contributed by atoms with Gasteiger partial charge in [0.1, 0.15) is 0 Å². The zero-order chi connectivity index (χ0) is 11.0. The number of rotatable bonds is 5. The van der Waals surface area contributed by atoms with Gasteiger partial charge in [-0.15, -0.1) is 11.3 Å². The number of aromatic nitrogens is 1. The van der Waals surface area contributed by atoms with Gasteiger partial charge < -0.3 is 5.32 Å². The highest BCUT2D eigenvalue weighted by Gasteiger charge is 2.34. The molecule has 3 rings (SSSR count). The van der Waals surface area contributed by atoms with Crippen molar-refractivity contribution >= 4 is 11.3 Å². The van der Waals surface area contributed by atoms with Gasteiger partial charge in [-0.2, -0.15) is 0 Å². The Labute approximate surface area is 101 Å². The second kappa shape index (κ2) is 4.11. The minimum absolute atomic E-state index is 0.448. The Morgan fingerprint density at radius 2 is 2.31 bits per heavy atom. The molecule has 1 heterocycles. The maximum Gasteiger partial charge on any atom is 0.0959 e. The van der Waals surface area contributed by atoms with E-state index in [1.54, 1.807) is 0 Å². The van der Waals surface area contributed by atoms with Crippen LogP contribution in [0, 0.1) is 0 Å². The lowest BCUT2D eigenvalue weighted by Gasteiger charge is -2.42. The van der Waals surface area contributed by atoms with Crippen molar-refractivity contribution in [2.45, 2.75) is 63.5 Å². The van der Waals surface area contributed by atoms with E-state index in [-0.39, 0.29) is 0 Å². The largest absolute Gasteiger partial charge is 0.306 e. The van der Waals surface area contributed by atoms with Gasteiger partial charge in [0, 0.05) is 23.4 Å². The summed E-state index contributed by atoms with van der Waals surface area (Å²) in [5.41, 5.74) is 1.70. The van der Waals surface area contributed by atoms with Crippen molar-refractivity contribution in [3.05, 3.63) is 16.1 Å². The minimum atomic E-state index is 0.448. The molecule has 2 saturated carbocycles. The highest BCUT2D eigenvalue weighted by atomic mass is 32.1. The molecule has 2 nitrogen and oxygen atoms in total. The lowest BCUT2D eigenvalue weighted by atomic mass is 9.75. The Balaban J connectivity index is 1.56. The first-order chi connectivity index (χ1) is 7.81. The van der Waals surface area contributed by atoms with E-state index in [1.165, 1.54) is 49.2 Å². The molecule has 0 saturated heterocycles. The van der Waals surface area contributed by atoms with E-state index in [9.17, 15) is 0 Å². The molecule has 0 aliphatic heterocycles. The van der Waals surface area contributed by atoms with E-state index in [0.29, 0.717) is 5.54 Å². The van der Waals surface area contributed by atoms with Gasteiger partial charge in [-0.3, -0.25) is 0 Å². The Hall–Kier alpha value is -0.410. The van der Waals surface area contributed by atoms with E-state index in [2.05, 4.69) is 17.6 Å². The Bertz CT molecular complexity index is 358. The van der Waals surface area contributed by atoms with Crippen molar-refractivity contribution < 1.29 is 0 Å². The average molecular weight is 236 g/mol. The first kappa shape index (κ1) is 10.7. The van der Waals surface area contributed by atoms with Crippen LogP contribution in [-0.4, -0.2) is 10.5 Å². The van der Waals surface area contributed by atoms with Crippen LogP contribution in [0.1, 0.15) is 62.1 Å². The summed E-state index contributed by atoms with van der Waals surface area (Å²) in [5.74, 6) is 0.808. The zero-order valence-electron chi connectivity index (χ0n) is 9.96. The van der Waals surface area contributed by atoms with Crippen LogP contribution >= 0.6 is 11.3 Å². The quantitative estimate of drug-likeness (QED) is 0.847. The third-order valence-electron chi connectivity index (χ3n) is 4.13. The molecule has 88 valence electrons. The van der Waals surface area contributed by atoms with Crippen LogP contribution < -0.4 is 5.32 Å². The molecule has 0 atom stereocenters. The van der Waals surface area contributed by atoms with Crippen LogP contribution in [0.25, 0.3) is 0 Å². The van der Waals surface area contributed by atoms with Gasteiger partial charge in [0.2, 0.25) is 0 Å². The number of nitrogens with zero attached hydrogens (tertiary/aromatic N) is 1. The summed E-state index contributed by atoms with van der Waals surface area (Å²) >= 11 is 1.85. The highest BCUT2D eigenvalue weighted by molar-refractivity contribution is 7.09. The first-order valence-corrected chi connectivity index (χ1v) is 7.39. The van der Waals surface area contributed by atoms with E-state index in [1.807, 2.05) is 11.3 Å². The van der Waals surface area contributed by atoms with Gasteiger partial charge >= 0.3 is 0 Å². The second-order valence-corrected chi connectivity index (χ2v) is 6.18. The van der Waals surface area contributed by atoms with Crippen LogP contribution in [0.4, 0.5) is 0 Å². The summed E-state index contributed by atoms with van der Waals surface area (Å²) in [6.45, 7) is 3.26. The van der Waals surface area contributed by atoms with Crippen LogP contribution in [0.3, 0.4) is 0 Å². The molecule has 0 aromatic carbocycles. The first-order valence-electron chi connectivity index (χ1n) is 6.51. The normalized spacial score (nSPS) is 23.1. The Morgan fingerprint density at radius 1 is 1.50 bits per heavy atom. The summed E-state index contributed by atoms with van der Waals surface area (Å²) in [6.07, 6.45) is 8.07. The number of hydrogen-bond acceptors (Lipinski definition) is 3. The van der Waals surface area contributed by atoms with Crippen molar-refractivity contribution in [1.82, 2.24) is 10.3 Å². The standard InChI is InChI=1S/C13H20N2S/c1-2-13(6-3-7-13)14-8-11-9-16-12(15-11)10-4-5-10/h9-10,14H,2-8H2,1H3. The smallest absolute Gasteiger partial charge is 0.0959 e. The highest BCUT2D eigenvalue weighted by Crippen LogP contribution is 2.41. The molecular weight excluding hydrogens is 216 g/mol. The summed E-state index contributed by atoms with van der Waals surface area (Å²) in [4.78, 5) is 4.72. The molecule has 0 bridgehead atoms. The van der Waals surface area contributed by atoms with Crippen LogP contribution in [0.2, 0.25) is 0 Å². The van der Waals surface area contributed by atoms with Gasteiger partial charge in [0.05, 0.1) is 10.7 Å². The van der Waals surface area contributed by atoms with Crippen LogP contribution in [-0.2, 0) is 6.54 Å². The van der Waals surface area contributed by atoms with E-state index in [0.717, 1.165) is 12.5 Å². The van der Waals surface area contributed by atoms with Crippen molar-refractivity contribution in [3.8, 4) is 0 Å². The molecular formula is C13H20N2S. The van der Waals surface area contributed by atoms with Gasteiger partial charge in [0.25, 0.3) is 0 Å². The molecule has 0 amide bonds. The molecule has 0 spiro atoms. The fraction of sp³-hybridized carbons (Fsp3) is 0.769. The van der Waals surface area contributed by atoms with Gasteiger partial charge in [-0.25, -0.2) is 4.98 Å². The van der Waals surface area contributed by atoms with Gasteiger partial charge in [-0.1, -0.05) is 6.92 Å². The maximum atomic E-state index is 4.72. The third-order valence-corrected chi connectivity index (χ3v) is 5.18. The molecule has 2 aliphatic rings. The third kappa shape index (κ3) is 2.03. The average Bonchev–Trinajstić information content (AvgIpc) is 2.98. The molecule has 1 aromatic rings. The number of thiazole rings is 1. The maximum absolute atomic E-state index is 4.72. The zero-order valence-corrected chi connectivity index (χ0v) is 10.8. The molecule has 0 unspecified atom stereocenters. The molecule has 1 aromatic heterocycles. The van der Waals surface area contributed by atoms with Crippen LogP contribution in [0.15, 0.2) is 5.38 Å². The Morgan fingerprint density at radius 3 is 2.88 bits per heavy atom. The predicted octanol–water partition coefficient (Wildman–Crippen LogP) is 3.44. The summed E-state index contributed by atoms with van der Waals surface area (Å²) in [7, 11) is 0. The number of nitrogens with one attached hydrogen (secondary N) is 1. The molecule has 2 fully saturated rings. The lowest BCUT2D eigenvalue weighted by molar-refractivity contribution is 0.175. The van der Waals surface area contributed by atoms with E-state index in [4.69, 9.17) is 4.98 Å². The summed E-state index contributed by atoms with van der Waals surface area (Å²) < 4.78 is 0. The monoisotopic (exact) mass is 236 g/mol. The molecule has 16 heavy (non-hydrogen) atoms. The summed E-state index contributed by atoms with van der Waals surface area (Å²) in [6, 6.07) is 0. The lowest BCUT2D eigenvalue weighted by Crippen LogP contribution is -2.49. The summed E-state index contributed by atoms with van der Waals surface area (Å²) in [5, 5.41) is 7.33. The predicted molar refractivity (Wildman–Crippen MR) is 67.8 cm³/mol. The van der Waals surface area contributed by atoms with Crippen molar-refractivity contribution in [1.29, 1.82) is 0 Å². The molecule has 0 radical (unpaired) electrons.